The van der Waals surface area contributed by atoms with Gasteiger partial charge in [0.2, 0.25) is 5.82 Å². The molecule has 1 amide bonds. The molecular formula is C25H27N7O. The molecule has 2 aromatic heterocycles. The van der Waals surface area contributed by atoms with Gasteiger partial charge in [-0.05, 0) is 67.8 Å². The molecule has 0 bridgehead atoms. The average molecular weight is 442 g/mol. The van der Waals surface area contributed by atoms with Gasteiger partial charge in [-0.2, -0.15) is 10.2 Å². The molecule has 0 atom stereocenters. The molecule has 0 unspecified atom stereocenters. The average Bonchev–Trinajstić information content (AvgIpc) is 3.55. The monoisotopic (exact) mass is 441 g/mol. The molecule has 3 N–H and O–H groups in total. The molecule has 0 saturated heterocycles. The van der Waals surface area contributed by atoms with E-state index in [2.05, 4.69) is 67.2 Å². The van der Waals surface area contributed by atoms with Gasteiger partial charge in [0, 0.05) is 24.1 Å². The molecule has 168 valence electrons. The number of rotatable bonds is 9. The number of hydrogen-bond acceptors (Lipinski definition) is 6. The number of nitrogens with zero attached hydrogens (tertiary/aromatic N) is 4. The van der Waals surface area contributed by atoms with E-state index in [1.54, 1.807) is 6.20 Å². The molecule has 5 rings (SSSR count). The number of H-pyrrole nitrogens is 1. The van der Waals surface area contributed by atoms with Crippen LogP contribution in [-0.4, -0.2) is 38.3 Å². The van der Waals surface area contributed by atoms with Crippen LogP contribution in [0.5, 0.6) is 0 Å². The van der Waals surface area contributed by atoms with Crippen LogP contribution in [0.1, 0.15) is 59.1 Å². The third-order valence-corrected chi connectivity index (χ3v) is 6.08. The first-order valence-electron chi connectivity index (χ1n) is 11.4. The number of hydrogen-bond donors (Lipinski definition) is 3. The van der Waals surface area contributed by atoms with Gasteiger partial charge in [-0.25, -0.2) is 10.4 Å². The number of carbonyl (C=O) groups excluding carboxylic acids is 1. The number of carbonyl (C=O) groups is 1. The maximum Gasteiger partial charge on any atom is 0.273 e. The van der Waals surface area contributed by atoms with Crippen molar-refractivity contribution in [3.63, 3.8) is 0 Å². The Morgan fingerprint density at radius 2 is 2.03 bits per heavy atom. The van der Waals surface area contributed by atoms with Crippen molar-refractivity contribution in [2.24, 2.45) is 5.10 Å². The highest BCUT2D eigenvalue weighted by Gasteiger charge is 2.32. The summed E-state index contributed by atoms with van der Waals surface area (Å²) < 4.78 is 0. The summed E-state index contributed by atoms with van der Waals surface area (Å²) in [4.78, 5) is 20.3. The normalized spacial score (nSPS) is 16.8. The van der Waals surface area contributed by atoms with E-state index in [1.807, 2.05) is 12.1 Å². The topological polar surface area (TPSA) is 108 Å². The summed E-state index contributed by atoms with van der Waals surface area (Å²) in [5.74, 6) is 0.634. The van der Waals surface area contributed by atoms with Gasteiger partial charge < -0.3 is 10.3 Å². The van der Waals surface area contributed by atoms with Gasteiger partial charge in [-0.15, -0.1) is 5.10 Å². The summed E-state index contributed by atoms with van der Waals surface area (Å²) in [7, 11) is 0. The Bertz CT molecular complexity index is 1190. The lowest BCUT2D eigenvalue weighted by atomic mass is 9.98. The van der Waals surface area contributed by atoms with Gasteiger partial charge in [0.25, 0.3) is 5.91 Å². The van der Waals surface area contributed by atoms with E-state index < -0.39 is 0 Å². The molecule has 0 radical (unpaired) electrons. The lowest BCUT2D eigenvalue weighted by Gasteiger charge is -2.08. The highest BCUT2D eigenvalue weighted by molar-refractivity contribution is 6.32. The fourth-order valence-corrected chi connectivity index (χ4v) is 4.34. The van der Waals surface area contributed by atoms with Crippen molar-refractivity contribution in [1.29, 1.82) is 0 Å². The molecule has 2 aliphatic rings. The summed E-state index contributed by atoms with van der Waals surface area (Å²) >= 11 is 0. The van der Waals surface area contributed by atoms with Crippen molar-refractivity contribution >= 4 is 17.7 Å². The Balaban J connectivity index is 1.32. The van der Waals surface area contributed by atoms with Crippen molar-refractivity contribution in [2.45, 2.75) is 45.1 Å². The molecule has 1 fully saturated rings. The van der Waals surface area contributed by atoms with Crippen LogP contribution >= 0.6 is 0 Å². The van der Waals surface area contributed by atoms with Crippen molar-refractivity contribution in [2.75, 3.05) is 6.54 Å². The Morgan fingerprint density at radius 1 is 1.18 bits per heavy atom. The fourth-order valence-electron chi connectivity index (χ4n) is 4.34. The number of aromatic nitrogens is 4. The first kappa shape index (κ1) is 21.2. The Labute approximate surface area is 192 Å². The van der Waals surface area contributed by atoms with E-state index >= 15 is 0 Å². The van der Waals surface area contributed by atoms with Gasteiger partial charge >= 0.3 is 0 Å². The lowest BCUT2D eigenvalue weighted by molar-refractivity contribution is -0.116. The van der Waals surface area contributed by atoms with Crippen LogP contribution in [0.2, 0.25) is 0 Å². The zero-order valence-electron chi connectivity index (χ0n) is 18.6. The highest BCUT2D eigenvalue weighted by atomic mass is 16.2. The molecule has 0 spiro atoms. The van der Waals surface area contributed by atoms with Crippen LogP contribution in [0.25, 0.3) is 6.08 Å². The van der Waals surface area contributed by atoms with E-state index in [0.717, 1.165) is 31.6 Å². The minimum Gasteiger partial charge on any atom is -0.359 e. The molecule has 8 heteroatoms. The minimum absolute atomic E-state index is 0.252. The zero-order chi connectivity index (χ0) is 22.6. The van der Waals surface area contributed by atoms with Crippen molar-refractivity contribution in [3.8, 4) is 0 Å². The van der Waals surface area contributed by atoms with Crippen LogP contribution in [0.3, 0.4) is 0 Å². The maximum absolute atomic E-state index is 12.5. The second-order valence-electron chi connectivity index (χ2n) is 8.52. The summed E-state index contributed by atoms with van der Waals surface area (Å²) in [6, 6.07) is 10.5. The predicted octanol–water partition coefficient (Wildman–Crippen LogP) is 3.03. The smallest absolute Gasteiger partial charge is 0.273 e. The highest BCUT2D eigenvalue weighted by Crippen LogP contribution is 2.45. The summed E-state index contributed by atoms with van der Waals surface area (Å²) in [6.07, 6.45) is 9.37. The molecule has 33 heavy (non-hydrogen) atoms. The van der Waals surface area contributed by atoms with E-state index in [1.165, 1.54) is 41.4 Å². The maximum atomic E-state index is 12.5. The van der Waals surface area contributed by atoms with Gasteiger partial charge in [0.15, 0.2) is 0 Å². The molecule has 3 aromatic rings. The number of benzene rings is 1. The second-order valence-corrected chi connectivity index (χ2v) is 8.52. The van der Waals surface area contributed by atoms with Crippen LogP contribution < -0.4 is 10.7 Å². The molecule has 1 aliphatic heterocycles. The Kier molecular flexibility index (Phi) is 6.08. The van der Waals surface area contributed by atoms with Crippen LogP contribution in [-0.2, 0) is 17.8 Å². The summed E-state index contributed by atoms with van der Waals surface area (Å²) in [5.41, 5.74) is 9.60. The zero-order valence-corrected chi connectivity index (χ0v) is 18.6. The predicted molar refractivity (Wildman–Crippen MR) is 126 cm³/mol. The molecule has 1 aromatic carbocycles. The lowest BCUT2D eigenvalue weighted by Crippen LogP contribution is -2.15. The second kappa shape index (κ2) is 9.46. The van der Waals surface area contributed by atoms with Gasteiger partial charge in [-0.1, -0.05) is 30.3 Å². The van der Waals surface area contributed by atoms with E-state index in [4.69, 9.17) is 0 Å². The minimum atomic E-state index is -0.252. The van der Waals surface area contributed by atoms with Crippen LogP contribution in [0.4, 0.5) is 0 Å². The van der Waals surface area contributed by atoms with Crippen molar-refractivity contribution < 1.29 is 4.79 Å². The third-order valence-electron chi connectivity index (χ3n) is 6.08. The van der Waals surface area contributed by atoms with Gasteiger partial charge in [0.1, 0.15) is 5.71 Å². The van der Waals surface area contributed by atoms with Crippen LogP contribution in [0.15, 0.2) is 53.4 Å². The van der Waals surface area contributed by atoms with E-state index in [-0.39, 0.29) is 5.91 Å². The van der Waals surface area contributed by atoms with E-state index in [0.29, 0.717) is 23.0 Å². The number of hydrazone groups is 1. The summed E-state index contributed by atoms with van der Waals surface area (Å²) in [6.45, 7) is 3.96. The molecular weight excluding hydrogens is 414 g/mol. The quantitative estimate of drug-likeness (QED) is 0.349. The first-order chi connectivity index (χ1) is 16.2. The number of aryl methyl sites for hydroxylation is 1. The van der Waals surface area contributed by atoms with Crippen molar-refractivity contribution in [1.82, 2.24) is 30.9 Å². The standard InChI is InChI=1S/C25H27N7O/c1-16-19(8-5-11-26-15-17-6-3-2-4-7-17)22(18-9-10-18)21(29-16)14-20-23(30-32-25(20)33)24-27-12-13-28-31-24/h2-4,6-7,12-14,18,26,29H,5,8-11,15H2,1H3,(H,32,33). The number of aromatic amines is 1. The van der Waals surface area contributed by atoms with Gasteiger partial charge in [0.05, 0.1) is 11.8 Å². The third kappa shape index (κ3) is 4.75. The van der Waals surface area contributed by atoms with Gasteiger partial charge in [-0.3, -0.25) is 4.79 Å². The van der Waals surface area contributed by atoms with Crippen LogP contribution in [0, 0.1) is 6.92 Å². The molecule has 8 nitrogen and oxygen atoms in total. The van der Waals surface area contributed by atoms with Crippen molar-refractivity contribution in [3.05, 3.63) is 82.2 Å². The number of nitrogens with one attached hydrogen (secondary N) is 3. The summed E-state index contributed by atoms with van der Waals surface area (Å²) in [5, 5.41) is 15.6. The molecule has 3 heterocycles. The SMILES string of the molecule is Cc1[nH]c(C=C2C(=O)NN=C2c2nccnn2)c(C2CC2)c1CCCNCc1ccccc1. The molecule has 1 saturated carbocycles. The Morgan fingerprint density at radius 3 is 2.79 bits per heavy atom. The first-order valence-corrected chi connectivity index (χ1v) is 11.4. The fraction of sp³-hybridized carbons (Fsp3) is 0.320. The molecule has 1 aliphatic carbocycles. The number of amides is 1. The van der Waals surface area contributed by atoms with E-state index in [9.17, 15) is 4.79 Å². The Hall–Kier alpha value is -3.65. The largest absolute Gasteiger partial charge is 0.359 e.